The summed E-state index contributed by atoms with van der Waals surface area (Å²) in [6.45, 7) is -1.60. The Morgan fingerprint density at radius 3 is 2.33 bits per heavy atom. The van der Waals surface area contributed by atoms with Gasteiger partial charge < -0.3 is 10.1 Å². The first-order valence-electron chi connectivity index (χ1n) is 5.37. The van der Waals surface area contributed by atoms with E-state index in [2.05, 4.69) is 4.74 Å². The minimum atomic E-state index is -4.62. The van der Waals surface area contributed by atoms with E-state index in [4.69, 9.17) is 0 Å². The first-order valence-corrected chi connectivity index (χ1v) is 5.37. The van der Waals surface area contributed by atoms with Crippen LogP contribution in [0, 0.1) is 10.1 Å². The van der Waals surface area contributed by atoms with Crippen LogP contribution in [0.1, 0.15) is 20.7 Å². The Labute approximate surface area is 115 Å². The van der Waals surface area contributed by atoms with Crippen LogP contribution in [0.2, 0.25) is 0 Å². The van der Waals surface area contributed by atoms with Gasteiger partial charge in [-0.05, 0) is 6.07 Å². The Morgan fingerprint density at radius 2 is 1.86 bits per heavy atom. The van der Waals surface area contributed by atoms with Gasteiger partial charge in [-0.15, -0.1) is 0 Å². The molecule has 0 saturated carbocycles. The molecule has 0 aromatic heterocycles. The predicted molar refractivity (Wildman–Crippen MR) is 62.8 cm³/mol. The third-order valence-corrected chi connectivity index (χ3v) is 2.26. The Bertz CT molecular complexity index is 586. The third kappa shape index (κ3) is 4.75. The van der Waals surface area contributed by atoms with Crippen molar-refractivity contribution in [2.45, 2.75) is 6.18 Å². The summed E-state index contributed by atoms with van der Waals surface area (Å²) >= 11 is 0. The van der Waals surface area contributed by atoms with E-state index in [0.29, 0.717) is 0 Å². The van der Waals surface area contributed by atoms with Crippen molar-refractivity contribution in [3.63, 3.8) is 0 Å². The number of esters is 1. The minimum Gasteiger partial charge on any atom is -0.465 e. The van der Waals surface area contributed by atoms with Crippen LogP contribution in [0.15, 0.2) is 18.2 Å². The zero-order valence-corrected chi connectivity index (χ0v) is 10.6. The second kappa shape index (κ2) is 6.20. The summed E-state index contributed by atoms with van der Waals surface area (Å²) < 4.78 is 40.4. The first-order chi connectivity index (χ1) is 9.64. The van der Waals surface area contributed by atoms with Gasteiger partial charge in [0.2, 0.25) is 0 Å². The number of rotatable bonds is 4. The summed E-state index contributed by atoms with van der Waals surface area (Å²) in [6, 6.07) is 2.52. The van der Waals surface area contributed by atoms with Gasteiger partial charge in [0.15, 0.2) is 0 Å². The van der Waals surface area contributed by atoms with Crippen molar-refractivity contribution in [1.29, 1.82) is 0 Å². The van der Waals surface area contributed by atoms with E-state index in [1.165, 1.54) is 0 Å². The highest BCUT2D eigenvalue weighted by Gasteiger charge is 2.28. The molecule has 114 valence electrons. The molecule has 0 saturated heterocycles. The number of nitrogens with zero attached hydrogens (tertiary/aromatic N) is 1. The first kappa shape index (κ1) is 16.4. The molecule has 1 aromatic rings. The SMILES string of the molecule is COC(=O)c1cc(C(=O)NCC(F)(F)F)cc([N+](=O)[O-])c1. The average molecular weight is 306 g/mol. The van der Waals surface area contributed by atoms with E-state index in [1.807, 2.05) is 0 Å². The zero-order valence-electron chi connectivity index (χ0n) is 10.6. The van der Waals surface area contributed by atoms with Gasteiger partial charge in [-0.2, -0.15) is 13.2 Å². The van der Waals surface area contributed by atoms with Gasteiger partial charge in [0.1, 0.15) is 6.54 Å². The van der Waals surface area contributed by atoms with Gasteiger partial charge in [-0.25, -0.2) is 4.79 Å². The molecule has 0 unspecified atom stereocenters. The molecule has 21 heavy (non-hydrogen) atoms. The average Bonchev–Trinajstić information content (AvgIpc) is 2.42. The molecular weight excluding hydrogens is 297 g/mol. The van der Waals surface area contributed by atoms with Crippen LogP contribution in [-0.4, -0.2) is 36.6 Å². The molecule has 10 heteroatoms. The number of methoxy groups -OCH3 is 1. The maximum Gasteiger partial charge on any atom is 0.405 e. The second-order valence-electron chi connectivity index (χ2n) is 3.82. The van der Waals surface area contributed by atoms with Gasteiger partial charge >= 0.3 is 12.1 Å². The lowest BCUT2D eigenvalue weighted by Crippen LogP contribution is -2.33. The maximum atomic E-state index is 12.0. The fraction of sp³-hybridized carbons (Fsp3) is 0.273. The molecule has 7 nitrogen and oxygen atoms in total. The van der Waals surface area contributed by atoms with Crippen molar-refractivity contribution in [1.82, 2.24) is 5.32 Å². The lowest BCUT2D eigenvalue weighted by molar-refractivity contribution is -0.384. The van der Waals surface area contributed by atoms with E-state index < -0.39 is 40.8 Å². The van der Waals surface area contributed by atoms with E-state index in [0.717, 1.165) is 25.3 Å². The topological polar surface area (TPSA) is 98.5 Å². The number of nitro groups is 1. The second-order valence-corrected chi connectivity index (χ2v) is 3.82. The number of alkyl halides is 3. The largest absolute Gasteiger partial charge is 0.465 e. The van der Waals surface area contributed by atoms with E-state index in [1.54, 1.807) is 5.32 Å². The molecule has 0 heterocycles. The van der Waals surface area contributed by atoms with Crippen molar-refractivity contribution in [3.8, 4) is 0 Å². The quantitative estimate of drug-likeness (QED) is 0.518. The standard InChI is InChI=1S/C11H9F3N2O5/c1-21-10(18)7-2-6(3-8(4-7)16(19)20)9(17)15-5-11(12,13)14/h2-4H,5H2,1H3,(H,15,17). The number of carbonyl (C=O) groups is 2. The van der Waals surface area contributed by atoms with Gasteiger partial charge in [0.05, 0.1) is 17.6 Å². The molecule has 0 aliphatic heterocycles. The van der Waals surface area contributed by atoms with Crippen LogP contribution < -0.4 is 5.32 Å². The third-order valence-electron chi connectivity index (χ3n) is 2.26. The monoisotopic (exact) mass is 306 g/mol. The molecular formula is C11H9F3N2O5. The fourth-order valence-corrected chi connectivity index (χ4v) is 1.37. The Kier molecular flexibility index (Phi) is 4.84. The zero-order chi connectivity index (χ0) is 16.2. The van der Waals surface area contributed by atoms with Crippen LogP contribution in [0.5, 0.6) is 0 Å². The summed E-state index contributed by atoms with van der Waals surface area (Å²) in [5.41, 5.74) is -1.38. The molecule has 1 amide bonds. The smallest absolute Gasteiger partial charge is 0.405 e. The lowest BCUT2D eigenvalue weighted by Gasteiger charge is -2.09. The Balaban J connectivity index is 3.11. The fourth-order valence-electron chi connectivity index (χ4n) is 1.37. The molecule has 0 atom stereocenters. The van der Waals surface area contributed by atoms with Gasteiger partial charge in [-0.1, -0.05) is 0 Å². The van der Waals surface area contributed by atoms with Crippen molar-refractivity contribution < 1.29 is 32.4 Å². The number of nitrogens with one attached hydrogen (secondary N) is 1. The number of ether oxygens (including phenoxy) is 1. The molecule has 0 spiro atoms. The summed E-state index contributed by atoms with van der Waals surface area (Å²) in [7, 11) is 1.02. The number of nitro benzene ring substituents is 1. The van der Waals surface area contributed by atoms with Crippen LogP contribution in [0.4, 0.5) is 18.9 Å². The normalized spacial score (nSPS) is 10.9. The number of hydrogen-bond donors (Lipinski definition) is 1. The molecule has 0 bridgehead atoms. The van der Waals surface area contributed by atoms with E-state index in [-0.39, 0.29) is 5.56 Å². The Morgan fingerprint density at radius 1 is 1.29 bits per heavy atom. The van der Waals surface area contributed by atoms with Crippen molar-refractivity contribution in [3.05, 3.63) is 39.4 Å². The molecule has 0 aliphatic carbocycles. The molecule has 1 rings (SSSR count). The summed E-state index contributed by atoms with van der Waals surface area (Å²) in [5, 5.41) is 12.2. The van der Waals surface area contributed by atoms with Crippen molar-refractivity contribution >= 4 is 17.6 Å². The summed E-state index contributed by atoms with van der Waals surface area (Å²) in [5.74, 6) is -2.15. The predicted octanol–water partition coefficient (Wildman–Crippen LogP) is 1.67. The molecule has 1 N–H and O–H groups in total. The number of hydrogen-bond acceptors (Lipinski definition) is 5. The van der Waals surface area contributed by atoms with Crippen molar-refractivity contribution in [2.75, 3.05) is 13.7 Å². The minimum absolute atomic E-state index is 0.316. The number of amides is 1. The molecule has 1 aromatic carbocycles. The van der Waals surface area contributed by atoms with Crippen LogP contribution in [-0.2, 0) is 4.74 Å². The van der Waals surface area contributed by atoms with Crippen LogP contribution in [0.3, 0.4) is 0 Å². The Hall–Kier alpha value is -2.65. The molecule has 0 aliphatic rings. The van der Waals surface area contributed by atoms with Gasteiger partial charge in [0.25, 0.3) is 11.6 Å². The molecule has 0 radical (unpaired) electrons. The number of benzene rings is 1. The highest BCUT2D eigenvalue weighted by atomic mass is 19.4. The highest BCUT2D eigenvalue weighted by Crippen LogP contribution is 2.19. The summed E-state index contributed by atoms with van der Waals surface area (Å²) in [6.07, 6.45) is -4.62. The highest BCUT2D eigenvalue weighted by molar-refractivity contribution is 5.98. The van der Waals surface area contributed by atoms with E-state index >= 15 is 0 Å². The van der Waals surface area contributed by atoms with Gasteiger partial charge in [-0.3, -0.25) is 14.9 Å². The summed E-state index contributed by atoms with van der Waals surface area (Å²) in [4.78, 5) is 32.7. The maximum absolute atomic E-state index is 12.0. The van der Waals surface area contributed by atoms with Gasteiger partial charge in [0, 0.05) is 17.7 Å². The van der Waals surface area contributed by atoms with Crippen molar-refractivity contribution in [2.24, 2.45) is 0 Å². The number of non-ortho nitro benzene ring substituents is 1. The van der Waals surface area contributed by atoms with Crippen LogP contribution in [0.25, 0.3) is 0 Å². The van der Waals surface area contributed by atoms with E-state index in [9.17, 15) is 32.9 Å². The number of halogens is 3. The van der Waals surface area contributed by atoms with Crippen LogP contribution >= 0.6 is 0 Å². The molecule has 0 fully saturated rings. The number of carbonyl (C=O) groups excluding carboxylic acids is 2. The lowest BCUT2D eigenvalue weighted by atomic mass is 10.1.